The quantitative estimate of drug-likeness (QED) is 0.783. The molecule has 0 spiro atoms. The maximum Gasteiger partial charge on any atom is 0.206 e. The number of ketones is 1. The minimum Gasteiger partial charge on any atom is -0.508 e. The van der Waals surface area contributed by atoms with Gasteiger partial charge in [0.25, 0.3) is 0 Å². The van der Waals surface area contributed by atoms with Gasteiger partial charge in [-0.3, -0.25) is 4.79 Å². The van der Waals surface area contributed by atoms with Crippen LogP contribution in [0.2, 0.25) is 0 Å². The fourth-order valence-corrected chi connectivity index (χ4v) is 2.73. The van der Waals surface area contributed by atoms with Gasteiger partial charge in [-0.25, -0.2) is 0 Å². The molecule has 1 heterocycles. The van der Waals surface area contributed by atoms with Gasteiger partial charge < -0.3 is 29.5 Å². The number of aliphatic hydroxyl groups is 1. The van der Waals surface area contributed by atoms with Crippen molar-refractivity contribution in [3.63, 3.8) is 0 Å². The van der Waals surface area contributed by atoms with Crippen molar-refractivity contribution in [2.45, 2.75) is 5.60 Å². The predicted molar refractivity (Wildman–Crippen MR) is 83.0 cm³/mol. The standard InChI is InChI=1S/C17H16O7/c1-22-12-6-5-11(14(19)15(12)23-2)17(21)8-24-13-7-9(18)3-4-10(13)16(17)20/h3-7,18-19,21H,8H2,1-2H3/t17-/m1/s1. The Morgan fingerprint density at radius 3 is 2.54 bits per heavy atom. The Bertz CT molecular complexity index is 815. The van der Waals surface area contributed by atoms with E-state index in [0.29, 0.717) is 0 Å². The van der Waals surface area contributed by atoms with Crippen molar-refractivity contribution in [3.8, 4) is 28.7 Å². The molecule has 0 unspecified atom stereocenters. The minimum absolute atomic E-state index is 0.00716. The third-order valence-corrected chi connectivity index (χ3v) is 3.99. The van der Waals surface area contributed by atoms with E-state index in [1.807, 2.05) is 0 Å². The fraction of sp³-hybridized carbons (Fsp3) is 0.235. The van der Waals surface area contributed by atoms with E-state index in [9.17, 15) is 20.1 Å². The molecule has 3 N–H and O–H groups in total. The number of fused-ring (bicyclic) bond motifs is 1. The Kier molecular flexibility index (Phi) is 3.73. The third kappa shape index (κ3) is 2.21. The van der Waals surface area contributed by atoms with Crippen molar-refractivity contribution in [2.75, 3.05) is 20.8 Å². The molecule has 0 fully saturated rings. The van der Waals surface area contributed by atoms with Gasteiger partial charge in [-0.1, -0.05) is 0 Å². The van der Waals surface area contributed by atoms with E-state index >= 15 is 0 Å². The number of phenols is 2. The molecule has 0 saturated heterocycles. The first-order valence-electron chi connectivity index (χ1n) is 7.09. The Hall–Kier alpha value is -2.93. The summed E-state index contributed by atoms with van der Waals surface area (Å²) in [7, 11) is 2.74. The second-order valence-electron chi connectivity index (χ2n) is 5.36. The molecule has 7 heteroatoms. The van der Waals surface area contributed by atoms with Gasteiger partial charge in [0.05, 0.1) is 19.8 Å². The summed E-state index contributed by atoms with van der Waals surface area (Å²) in [5, 5.41) is 30.8. The van der Waals surface area contributed by atoms with E-state index in [-0.39, 0.29) is 34.1 Å². The first-order chi connectivity index (χ1) is 11.4. The molecule has 0 radical (unpaired) electrons. The molecule has 1 aliphatic heterocycles. The number of Topliss-reactive ketones (excluding diaryl/α,β-unsaturated/α-hetero) is 1. The Labute approximate surface area is 137 Å². The minimum atomic E-state index is -2.09. The molecule has 0 bridgehead atoms. The zero-order valence-electron chi connectivity index (χ0n) is 13.1. The van der Waals surface area contributed by atoms with Crippen molar-refractivity contribution >= 4 is 5.78 Å². The molecule has 7 nitrogen and oxygen atoms in total. The molecule has 1 aliphatic rings. The molecule has 1 atom stereocenters. The SMILES string of the molecule is COc1ccc([C@]2(O)COc3cc(O)ccc3C2=O)c(O)c1OC. The Morgan fingerprint density at radius 1 is 1.12 bits per heavy atom. The maximum atomic E-state index is 12.8. The van der Waals surface area contributed by atoms with Crippen LogP contribution in [0.25, 0.3) is 0 Å². The molecule has 3 rings (SSSR count). The molecule has 0 saturated carbocycles. The largest absolute Gasteiger partial charge is 0.508 e. The van der Waals surface area contributed by atoms with Crippen LogP contribution in [-0.4, -0.2) is 41.9 Å². The number of aromatic hydroxyl groups is 2. The van der Waals surface area contributed by atoms with Crippen molar-refractivity contribution in [3.05, 3.63) is 41.5 Å². The van der Waals surface area contributed by atoms with Gasteiger partial charge in [-0.05, 0) is 24.3 Å². The molecule has 2 aromatic carbocycles. The van der Waals surface area contributed by atoms with Crippen molar-refractivity contribution < 1.29 is 34.3 Å². The molecular formula is C17H16O7. The van der Waals surface area contributed by atoms with Gasteiger partial charge in [0.2, 0.25) is 11.5 Å². The second-order valence-corrected chi connectivity index (χ2v) is 5.36. The van der Waals surface area contributed by atoms with Crippen LogP contribution in [0.4, 0.5) is 0 Å². The summed E-state index contributed by atoms with van der Waals surface area (Å²) < 4.78 is 15.6. The first kappa shape index (κ1) is 15.9. The van der Waals surface area contributed by atoms with Crippen molar-refractivity contribution in [2.24, 2.45) is 0 Å². The number of hydrogen-bond donors (Lipinski definition) is 3. The van der Waals surface area contributed by atoms with E-state index in [4.69, 9.17) is 14.2 Å². The molecule has 0 aliphatic carbocycles. The average molecular weight is 332 g/mol. The highest BCUT2D eigenvalue weighted by Crippen LogP contribution is 2.46. The number of phenolic OH excluding ortho intramolecular Hbond substituents is 2. The summed E-state index contributed by atoms with van der Waals surface area (Å²) >= 11 is 0. The normalized spacial score (nSPS) is 19.4. The van der Waals surface area contributed by atoms with E-state index in [2.05, 4.69) is 0 Å². The molecular weight excluding hydrogens is 316 g/mol. The van der Waals surface area contributed by atoms with Crippen molar-refractivity contribution in [1.82, 2.24) is 0 Å². The van der Waals surface area contributed by atoms with Crippen LogP contribution in [0.15, 0.2) is 30.3 Å². The van der Waals surface area contributed by atoms with Crippen LogP contribution < -0.4 is 14.2 Å². The topological polar surface area (TPSA) is 105 Å². The van der Waals surface area contributed by atoms with Gasteiger partial charge in [-0.15, -0.1) is 0 Å². The van der Waals surface area contributed by atoms with Crippen molar-refractivity contribution in [1.29, 1.82) is 0 Å². The molecule has 126 valence electrons. The monoisotopic (exact) mass is 332 g/mol. The smallest absolute Gasteiger partial charge is 0.206 e. The summed E-state index contributed by atoms with van der Waals surface area (Å²) in [6.07, 6.45) is 0. The van der Waals surface area contributed by atoms with Gasteiger partial charge in [0.1, 0.15) is 18.1 Å². The molecule has 2 aromatic rings. The lowest BCUT2D eigenvalue weighted by molar-refractivity contribution is -0.00650. The van der Waals surface area contributed by atoms with Gasteiger partial charge in [0, 0.05) is 11.6 Å². The Balaban J connectivity index is 2.13. The number of benzene rings is 2. The zero-order chi connectivity index (χ0) is 17.5. The van der Waals surface area contributed by atoms with E-state index in [1.165, 1.54) is 44.6 Å². The maximum absolute atomic E-state index is 12.8. The first-order valence-corrected chi connectivity index (χ1v) is 7.09. The number of ether oxygens (including phenoxy) is 3. The predicted octanol–water partition coefficient (Wildman–Crippen LogP) is 1.58. The van der Waals surface area contributed by atoms with Crippen LogP contribution in [0, 0.1) is 0 Å². The lowest BCUT2D eigenvalue weighted by Crippen LogP contribution is -2.44. The zero-order valence-corrected chi connectivity index (χ0v) is 13.1. The summed E-state index contributed by atoms with van der Waals surface area (Å²) in [6, 6.07) is 6.82. The summed E-state index contributed by atoms with van der Waals surface area (Å²) in [5.41, 5.74) is -2.03. The van der Waals surface area contributed by atoms with E-state index < -0.39 is 23.7 Å². The lowest BCUT2D eigenvalue weighted by Gasteiger charge is -2.33. The van der Waals surface area contributed by atoms with Crippen LogP contribution in [0.3, 0.4) is 0 Å². The summed E-state index contributed by atoms with van der Waals surface area (Å²) in [4.78, 5) is 12.8. The average Bonchev–Trinajstić information content (AvgIpc) is 2.58. The highest BCUT2D eigenvalue weighted by molar-refractivity contribution is 6.06. The number of hydrogen-bond acceptors (Lipinski definition) is 7. The lowest BCUT2D eigenvalue weighted by atomic mass is 9.83. The van der Waals surface area contributed by atoms with E-state index in [0.717, 1.165) is 0 Å². The number of carbonyl (C=O) groups is 1. The molecule has 0 amide bonds. The van der Waals surface area contributed by atoms with Gasteiger partial charge >= 0.3 is 0 Å². The number of methoxy groups -OCH3 is 2. The summed E-state index contributed by atoms with van der Waals surface area (Å²) in [6.45, 7) is -0.411. The Morgan fingerprint density at radius 2 is 1.88 bits per heavy atom. The number of rotatable bonds is 3. The molecule has 24 heavy (non-hydrogen) atoms. The highest BCUT2D eigenvalue weighted by Gasteiger charge is 2.46. The fourth-order valence-electron chi connectivity index (χ4n) is 2.73. The van der Waals surface area contributed by atoms with Crippen LogP contribution >= 0.6 is 0 Å². The third-order valence-electron chi connectivity index (χ3n) is 3.99. The second kappa shape index (κ2) is 5.61. The van der Waals surface area contributed by atoms with Crippen LogP contribution in [0.5, 0.6) is 28.7 Å². The number of carbonyl (C=O) groups excluding carboxylic acids is 1. The van der Waals surface area contributed by atoms with Crippen LogP contribution in [-0.2, 0) is 5.60 Å². The van der Waals surface area contributed by atoms with Crippen LogP contribution in [0.1, 0.15) is 15.9 Å². The summed E-state index contributed by atoms with van der Waals surface area (Å²) in [5.74, 6) is -0.667. The highest BCUT2D eigenvalue weighted by atomic mass is 16.5. The molecule has 0 aromatic heterocycles. The van der Waals surface area contributed by atoms with Gasteiger partial charge in [-0.2, -0.15) is 0 Å². The van der Waals surface area contributed by atoms with E-state index in [1.54, 1.807) is 0 Å². The van der Waals surface area contributed by atoms with Gasteiger partial charge in [0.15, 0.2) is 17.1 Å².